The molecule has 0 saturated carbocycles. The molecule has 0 radical (unpaired) electrons. The van der Waals surface area contributed by atoms with Crippen LogP contribution in [0.3, 0.4) is 0 Å². The SMILES string of the molecule is CC12C(=O)N(Cc3ccccc3)CC(=O)N1CC(c1ccccc1Cl)c1c2[nH]c2ccccc12. The minimum Gasteiger partial charge on any atom is -0.356 e. The third-order valence-electron chi connectivity index (χ3n) is 7.31. The number of amides is 2. The molecule has 1 N–H and O–H groups in total. The van der Waals surface area contributed by atoms with Gasteiger partial charge in [-0.25, -0.2) is 0 Å². The number of fused-ring (bicyclic) bond motifs is 5. The molecule has 6 rings (SSSR count). The first-order valence-corrected chi connectivity index (χ1v) is 11.9. The van der Waals surface area contributed by atoms with Gasteiger partial charge >= 0.3 is 0 Å². The summed E-state index contributed by atoms with van der Waals surface area (Å²) in [6, 6.07) is 25.6. The fourth-order valence-corrected chi connectivity index (χ4v) is 5.91. The van der Waals surface area contributed by atoms with Crippen molar-refractivity contribution in [3.63, 3.8) is 0 Å². The van der Waals surface area contributed by atoms with E-state index in [4.69, 9.17) is 11.6 Å². The van der Waals surface area contributed by atoms with Gasteiger partial charge in [0.05, 0.1) is 5.69 Å². The minimum absolute atomic E-state index is 0.0561. The quantitative estimate of drug-likeness (QED) is 0.456. The fraction of sp³-hybridized carbons (Fsp3) is 0.214. The molecule has 1 aromatic heterocycles. The predicted molar refractivity (Wildman–Crippen MR) is 133 cm³/mol. The highest BCUT2D eigenvalue weighted by molar-refractivity contribution is 6.31. The monoisotopic (exact) mass is 469 g/mol. The van der Waals surface area contributed by atoms with Gasteiger partial charge < -0.3 is 14.8 Å². The van der Waals surface area contributed by atoms with Crippen LogP contribution in [0.4, 0.5) is 0 Å². The van der Waals surface area contributed by atoms with Crippen LogP contribution < -0.4 is 0 Å². The van der Waals surface area contributed by atoms with Gasteiger partial charge in [0.25, 0.3) is 5.91 Å². The van der Waals surface area contributed by atoms with E-state index in [1.165, 1.54) is 0 Å². The number of halogens is 1. The Morgan fingerprint density at radius 1 is 0.971 bits per heavy atom. The highest BCUT2D eigenvalue weighted by atomic mass is 35.5. The van der Waals surface area contributed by atoms with E-state index in [1.54, 1.807) is 9.80 Å². The van der Waals surface area contributed by atoms with E-state index in [2.05, 4.69) is 11.1 Å². The number of benzene rings is 3. The summed E-state index contributed by atoms with van der Waals surface area (Å²) < 4.78 is 0. The maximum Gasteiger partial charge on any atom is 0.255 e. The lowest BCUT2D eigenvalue weighted by Crippen LogP contribution is -2.67. The fourth-order valence-electron chi connectivity index (χ4n) is 5.65. The Morgan fingerprint density at radius 3 is 2.47 bits per heavy atom. The number of carbonyl (C=O) groups excluding carboxylic acids is 2. The Morgan fingerprint density at radius 2 is 1.68 bits per heavy atom. The maximum atomic E-state index is 14.1. The van der Waals surface area contributed by atoms with Crippen molar-refractivity contribution in [2.24, 2.45) is 0 Å². The number of aromatic nitrogens is 1. The molecular formula is C28H24ClN3O2. The smallest absolute Gasteiger partial charge is 0.255 e. The van der Waals surface area contributed by atoms with Gasteiger partial charge in [-0.05, 0) is 35.7 Å². The summed E-state index contributed by atoms with van der Waals surface area (Å²) in [6.45, 7) is 2.74. The molecule has 2 amide bonds. The van der Waals surface area contributed by atoms with Crippen molar-refractivity contribution in [3.05, 3.63) is 106 Å². The molecule has 0 bridgehead atoms. The van der Waals surface area contributed by atoms with E-state index in [9.17, 15) is 9.59 Å². The largest absolute Gasteiger partial charge is 0.356 e. The molecule has 4 aromatic rings. The van der Waals surface area contributed by atoms with Gasteiger partial charge in [0.15, 0.2) is 5.54 Å². The van der Waals surface area contributed by atoms with E-state index >= 15 is 0 Å². The highest BCUT2D eigenvalue weighted by Crippen LogP contribution is 2.49. The second-order valence-electron chi connectivity index (χ2n) is 9.26. The molecule has 3 heterocycles. The average molecular weight is 470 g/mol. The van der Waals surface area contributed by atoms with Gasteiger partial charge in [-0.2, -0.15) is 0 Å². The summed E-state index contributed by atoms with van der Waals surface area (Å²) in [6.07, 6.45) is 0. The number of H-pyrrole nitrogens is 1. The number of nitrogens with zero attached hydrogens (tertiary/aromatic N) is 2. The highest BCUT2D eigenvalue weighted by Gasteiger charge is 2.56. The first-order chi connectivity index (χ1) is 16.5. The van der Waals surface area contributed by atoms with Gasteiger partial charge in [-0.15, -0.1) is 0 Å². The van der Waals surface area contributed by atoms with E-state index in [0.29, 0.717) is 18.1 Å². The van der Waals surface area contributed by atoms with Crippen molar-refractivity contribution < 1.29 is 9.59 Å². The number of rotatable bonds is 3. The van der Waals surface area contributed by atoms with E-state index in [1.807, 2.05) is 79.7 Å². The first kappa shape index (κ1) is 21.0. The van der Waals surface area contributed by atoms with Crippen LogP contribution >= 0.6 is 11.6 Å². The first-order valence-electron chi connectivity index (χ1n) is 11.5. The van der Waals surface area contributed by atoms with Gasteiger partial charge in [-0.3, -0.25) is 9.59 Å². The number of hydrogen-bond donors (Lipinski definition) is 1. The number of hydrogen-bond acceptors (Lipinski definition) is 2. The second-order valence-corrected chi connectivity index (χ2v) is 9.66. The third kappa shape index (κ3) is 3.00. The average Bonchev–Trinajstić information content (AvgIpc) is 3.25. The van der Waals surface area contributed by atoms with Crippen molar-refractivity contribution in [2.75, 3.05) is 13.1 Å². The summed E-state index contributed by atoms with van der Waals surface area (Å²) in [5.74, 6) is -0.258. The second kappa shape index (κ2) is 7.74. The lowest BCUT2D eigenvalue weighted by atomic mass is 9.76. The minimum atomic E-state index is -1.11. The van der Waals surface area contributed by atoms with Crippen molar-refractivity contribution in [2.45, 2.75) is 24.9 Å². The zero-order valence-corrected chi connectivity index (χ0v) is 19.5. The lowest BCUT2D eigenvalue weighted by molar-refractivity contribution is -0.166. The molecule has 3 aromatic carbocycles. The standard InChI is InChI=1S/C28H24ClN3O2/c1-28-26-25(20-12-6-8-14-23(20)30-26)21(19-11-5-7-13-22(19)29)16-32(28)24(33)17-31(27(28)34)15-18-9-3-2-4-10-18/h2-14,21,30H,15-17H2,1H3. The van der Waals surface area contributed by atoms with Crippen LogP contribution in [-0.2, 0) is 21.7 Å². The lowest BCUT2D eigenvalue weighted by Gasteiger charge is -2.51. The van der Waals surface area contributed by atoms with Crippen LogP contribution in [0.1, 0.15) is 35.2 Å². The van der Waals surface area contributed by atoms with Crippen molar-refractivity contribution in [3.8, 4) is 0 Å². The molecular weight excluding hydrogens is 446 g/mol. The number of aromatic amines is 1. The number of para-hydroxylation sites is 1. The summed E-state index contributed by atoms with van der Waals surface area (Å²) in [4.78, 5) is 34.6. The molecule has 2 aliphatic rings. The zero-order valence-electron chi connectivity index (χ0n) is 18.8. The molecule has 2 unspecified atom stereocenters. The summed E-state index contributed by atoms with van der Waals surface area (Å²) in [7, 11) is 0. The Bertz CT molecular complexity index is 1430. The van der Waals surface area contributed by atoms with Gasteiger partial charge in [0.1, 0.15) is 6.54 Å². The third-order valence-corrected chi connectivity index (χ3v) is 7.66. The maximum absolute atomic E-state index is 14.1. The molecule has 170 valence electrons. The molecule has 0 aliphatic carbocycles. The van der Waals surface area contributed by atoms with Crippen LogP contribution in [0.15, 0.2) is 78.9 Å². The van der Waals surface area contributed by atoms with E-state index in [-0.39, 0.29) is 24.3 Å². The molecule has 0 spiro atoms. The van der Waals surface area contributed by atoms with Crippen LogP contribution in [0.2, 0.25) is 5.02 Å². The van der Waals surface area contributed by atoms with E-state index in [0.717, 1.165) is 33.3 Å². The summed E-state index contributed by atoms with van der Waals surface area (Å²) in [5.41, 5.74) is 3.63. The molecule has 34 heavy (non-hydrogen) atoms. The van der Waals surface area contributed by atoms with E-state index < -0.39 is 5.54 Å². The molecule has 1 fully saturated rings. The Balaban J connectivity index is 1.53. The van der Waals surface area contributed by atoms with Gasteiger partial charge in [-0.1, -0.05) is 78.3 Å². The number of piperazine rings is 1. The van der Waals surface area contributed by atoms with Gasteiger partial charge in [0, 0.05) is 34.9 Å². The van der Waals surface area contributed by atoms with Crippen LogP contribution in [0, 0.1) is 0 Å². The van der Waals surface area contributed by atoms with Crippen molar-refractivity contribution in [1.29, 1.82) is 0 Å². The van der Waals surface area contributed by atoms with Crippen LogP contribution in [-0.4, -0.2) is 39.7 Å². The van der Waals surface area contributed by atoms with Crippen LogP contribution in [0.5, 0.6) is 0 Å². The molecule has 5 nitrogen and oxygen atoms in total. The summed E-state index contributed by atoms with van der Waals surface area (Å²) in [5, 5.41) is 1.72. The normalized spacial score (nSPS) is 22.1. The van der Waals surface area contributed by atoms with Crippen LogP contribution in [0.25, 0.3) is 10.9 Å². The van der Waals surface area contributed by atoms with Crippen molar-refractivity contribution >= 4 is 34.3 Å². The zero-order chi connectivity index (χ0) is 23.4. The molecule has 1 saturated heterocycles. The van der Waals surface area contributed by atoms with Crippen molar-refractivity contribution in [1.82, 2.24) is 14.8 Å². The Hall–Kier alpha value is -3.57. The van der Waals surface area contributed by atoms with Gasteiger partial charge in [0.2, 0.25) is 5.91 Å². The Labute approximate surface area is 202 Å². The molecule has 2 aliphatic heterocycles. The topological polar surface area (TPSA) is 56.4 Å². The Kier molecular flexibility index (Phi) is 4.78. The molecule has 2 atom stereocenters. The number of nitrogens with one attached hydrogen (secondary N) is 1. The predicted octanol–water partition coefficient (Wildman–Crippen LogP) is 5.05. The number of carbonyl (C=O) groups is 2. The summed E-state index contributed by atoms with van der Waals surface area (Å²) >= 11 is 6.64. The molecule has 6 heteroatoms.